The number of ether oxygens (including phenoxy) is 3. The number of hydrogen-bond donors (Lipinski definition) is 0. The smallest absolute Gasteiger partial charge is 0.306 e. The van der Waals surface area contributed by atoms with Crippen molar-refractivity contribution in [3.63, 3.8) is 0 Å². The van der Waals surface area contributed by atoms with Crippen molar-refractivity contribution >= 4 is 17.9 Å². The summed E-state index contributed by atoms with van der Waals surface area (Å²) >= 11 is 0. The first-order valence-electron chi connectivity index (χ1n) is 34.7. The Morgan fingerprint density at radius 3 is 0.753 bits per heavy atom. The molecule has 81 heavy (non-hydrogen) atoms. The third-order valence-electron chi connectivity index (χ3n) is 15.1. The molecule has 0 N–H and O–H groups in total. The molecule has 0 aromatic rings. The van der Waals surface area contributed by atoms with Gasteiger partial charge in [0.15, 0.2) is 6.10 Å². The average molecular weight is 1130 g/mol. The maximum Gasteiger partial charge on any atom is 0.306 e. The van der Waals surface area contributed by atoms with Gasteiger partial charge in [0.1, 0.15) is 13.2 Å². The molecule has 0 fully saturated rings. The highest BCUT2D eigenvalue weighted by atomic mass is 16.6. The Morgan fingerprint density at radius 1 is 0.259 bits per heavy atom. The first-order valence-corrected chi connectivity index (χ1v) is 34.7. The van der Waals surface area contributed by atoms with Crippen molar-refractivity contribution < 1.29 is 28.6 Å². The van der Waals surface area contributed by atoms with Gasteiger partial charge in [-0.25, -0.2) is 0 Å². The van der Waals surface area contributed by atoms with Gasteiger partial charge in [-0.2, -0.15) is 0 Å². The van der Waals surface area contributed by atoms with Crippen molar-refractivity contribution in [2.75, 3.05) is 13.2 Å². The molecule has 1 unspecified atom stereocenters. The number of allylic oxidation sites excluding steroid dienone is 16. The molecule has 0 aromatic heterocycles. The van der Waals surface area contributed by atoms with Gasteiger partial charge in [-0.15, -0.1) is 0 Å². The second kappa shape index (κ2) is 68.8. The van der Waals surface area contributed by atoms with Crippen LogP contribution in [0.15, 0.2) is 97.2 Å². The zero-order chi connectivity index (χ0) is 58.5. The van der Waals surface area contributed by atoms with Gasteiger partial charge in [-0.1, -0.05) is 323 Å². The van der Waals surface area contributed by atoms with Crippen molar-refractivity contribution in [1.29, 1.82) is 0 Å². The Bertz CT molecular complexity index is 1580. The summed E-state index contributed by atoms with van der Waals surface area (Å²) in [4.78, 5) is 38.0. The van der Waals surface area contributed by atoms with E-state index in [-0.39, 0.29) is 31.1 Å². The molecule has 0 aliphatic heterocycles. The molecule has 0 aromatic carbocycles. The van der Waals surface area contributed by atoms with Crippen LogP contribution >= 0.6 is 0 Å². The van der Waals surface area contributed by atoms with E-state index < -0.39 is 6.10 Å². The summed E-state index contributed by atoms with van der Waals surface area (Å²) in [6.45, 7) is 6.37. The number of rotatable bonds is 63. The summed E-state index contributed by atoms with van der Waals surface area (Å²) in [7, 11) is 0. The van der Waals surface area contributed by atoms with Gasteiger partial charge in [0, 0.05) is 19.3 Å². The molecule has 0 radical (unpaired) electrons. The van der Waals surface area contributed by atoms with Gasteiger partial charge < -0.3 is 14.2 Å². The SMILES string of the molecule is CC/C=C\C/C=C\C/C=C\C/C=C\CCCCCCCCCCCCCCCCCCC(=O)OCC(COC(=O)CCCCCCC)OC(=O)CCCCCCCCCCCCCCCCCC/C=C\C/C=C\C/C=C\C/C=C\CC. The van der Waals surface area contributed by atoms with Crippen LogP contribution in [0, 0.1) is 0 Å². The fraction of sp³-hybridized carbons (Fsp3) is 0.747. The van der Waals surface area contributed by atoms with Gasteiger partial charge in [-0.3, -0.25) is 14.4 Å². The van der Waals surface area contributed by atoms with Crippen molar-refractivity contribution in [1.82, 2.24) is 0 Å². The molecule has 0 rings (SSSR count). The Kier molecular flexibility index (Phi) is 65.7. The minimum atomic E-state index is -0.772. The Balaban J connectivity index is 3.96. The van der Waals surface area contributed by atoms with Crippen molar-refractivity contribution in [3.05, 3.63) is 97.2 Å². The quantitative estimate of drug-likeness (QED) is 0.0261. The van der Waals surface area contributed by atoms with Crippen LogP contribution in [0.4, 0.5) is 0 Å². The Morgan fingerprint density at radius 2 is 0.481 bits per heavy atom. The fourth-order valence-electron chi connectivity index (χ4n) is 9.96. The maximum absolute atomic E-state index is 12.9. The lowest BCUT2D eigenvalue weighted by molar-refractivity contribution is -0.167. The van der Waals surface area contributed by atoms with Crippen LogP contribution in [0.1, 0.15) is 342 Å². The highest BCUT2D eigenvalue weighted by Gasteiger charge is 2.19. The van der Waals surface area contributed by atoms with Gasteiger partial charge in [0.25, 0.3) is 0 Å². The largest absolute Gasteiger partial charge is 0.462 e. The van der Waals surface area contributed by atoms with E-state index in [0.29, 0.717) is 19.3 Å². The maximum atomic E-state index is 12.9. The van der Waals surface area contributed by atoms with Crippen LogP contribution in [0.5, 0.6) is 0 Å². The number of carbonyl (C=O) groups excluding carboxylic acids is 3. The second-order valence-corrected chi connectivity index (χ2v) is 23.0. The van der Waals surface area contributed by atoms with Crippen LogP contribution in [-0.4, -0.2) is 37.2 Å². The van der Waals surface area contributed by atoms with E-state index in [4.69, 9.17) is 14.2 Å². The lowest BCUT2D eigenvalue weighted by Gasteiger charge is -2.18. The van der Waals surface area contributed by atoms with Crippen LogP contribution in [0.2, 0.25) is 0 Å². The second-order valence-electron chi connectivity index (χ2n) is 23.0. The lowest BCUT2D eigenvalue weighted by Crippen LogP contribution is -2.30. The summed E-state index contributed by atoms with van der Waals surface area (Å²) in [5.74, 6) is -0.872. The van der Waals surface area contributed by atoms with E-state index >= 15 is 0 Å². The standard InChI is InChI=1S/C75H130O6/c1-4-7-10-13-15-17-19-21-23-25-27-29-31-33-35-37-39-41-43-45-47-49-51-53-55-57-59-62-65-68-74(77)80-71-72(70-79-73(76)67-64-61-12-9-6-3)81-75(78)69-66-63-60-58-56-54-52-50-48-46-44-42-40-38-36-34-32-30-28-26-24-22-20-18-16-14-11-8-5-2/h7-8,10-11,15-18,21-24,27-30,72H,4-6,9,12-14,19-20,25-26,31-71H2,1-3H3/b10-7-,11-8-,17-15-,18-16-,23-21-,24-22-,29-27-,30-28-. The normalized spacial score (nSPS) is 12.7. The fourth-order valence-corrected chi connectivity index (χ4v) is 9.96. The van der Waals surface area contributed by atoms with Crippen molar-refractivity contribution in [2.24, 2.45) is 0 Å². The summed E-state index contributed by atoms with van der Waals surface area (Å²) in [5, 5.41) is 0. The first kappa shape index (κ1) is 77.3. The third kappa shape index (κ3) is 67.0. The van der Waals surface area contributed by atoms with Crippen LogP contribution in [0.3, 0.4) is 0 Å². The summed E-state index contributed by atoms with van der Waals surface area (Å²) in [6, 6.07) is 0. The highest BCUT2D eigenvalue weighted by molar-refractivity contribution is 5.71. The number of esters is 3. The Labute approximate surface area is 502 Å². The highest BCUT2D eigenvalue weighted by Crippen LogP contribution is 2.18. The number of hydrogen-bond acceptors (Lipinski definition) is 6. The van der Waals surface area contributed by atoms with Crippen molar-refractivity contribution in [3.8, 4) is 0 Å². The monoisotopic (exact) mass is 1130 g/mol. The minimum Gasteiger partial charge on any atom is -0.462 e. The molecule has 0 amide bonds. The third-order valence-corrected chi connectivity index (χ3v) is 15.1. The average Bonchev–Trinajstić information content (AvgIpc) is 3.47. The topological polar surface area (TPSA) is 78.9 Å². The predicted octanol–water partition coefficient (Wildman–Crippen LogP) is 24.0. The summed E-state index contributed by atoms with van der Waals surface area (Å²) in [6.07, 6.45) is 93.5. The van der Waals surface area contributed by atoms with E-state index in [1.54, 1.807) is 0 Å². The molecule has 466 valence electrons. The van der Waals surface area contributed by atoms with E-state index in [1.807, 2.05) is 0 Å². The van der Waals surface area contributed by atoms with E-state index in [0.717, 1.165) is 116 Å². The van der Waals surface area contributed by atoms with E-state index in [2.05, 4.69) is 118 Å². The number of carbonyl (C=O) groups is 3. The summed E-state index contributed by atoms with van der Waals surface area (Å²) in [5.41, 5.74) is 0. The molecule has 0 heterocycles. The van der Waals surface area contributed by atoms with Gasteiger partial charge in [0.2, 0.25) is 0 Å². The molecule has 1 atom stereocenters. The van der Waals surface area contributed by atoms with Crippen LogP contribution in [0.25, 0.3) is 0 Å². The molecular formula is C75H130O6. The molecule has 0 aliphatic carbocycles. The predicted molar refractivity (Wildman–Crippen MR) is 353 cm³/mol. The molecule has 0 bridgehead atoms. The zero-order valence-electron chi connectivity index (χ0n) is 53.5. The van der Waals surface area contributed by atoms with Gasteiger partial charge in [-0.05, 0) is 96.3 Å². The van der Waals surface area contributed by atoms with Crippen LogP contribution in [-0.2, 0) is 28.6 Å². The van der Waals surface area contributed by atoms with E-state index in [1.165, 1.54) is 186 Å². The molecule has 0 aliphatic rings. The zero-order valence-corrected chi connectivity index (χ0v) is 53.5. The molecule has 0 saturated carbocycles. The summed E-state index contributed by atoms with van der Waals surface area (Å²) < 4.78 is 16.8. The van der Waals surface area contributed by atoms with E-state index in [9.17, 15) is 14.4 Å². The Hall–Kier alpha value is -3.67. The van der Waals surface area contributed by atoms with Gasteiger partial charge in [0.05, 0.1) is 0 Å². The molecular weight excluding hydrogens is 997 g/mol. The molecule has 6 heteroatoms. The lowest BCUT2D eigenvalue weighted by atomic mass is 10.0. The molecule has 6 nitrogen and oxygen atoms in total. The number of unbranched alkanes of at least 4 members (excludes halogenated alkanes) is 36. The molecule has 0 spiro atoms. The van der Waals surface area contributed by atoms with Crippen molar-refractivity contribution in [2.45, 2.75) is 348 Å². The first-order chi connectivity index (χ1) is 40.0. The molecule has 0 saturated heterocycles. The van der Waals surface area contributed by atoms with Crippen LogP contribution < -0.4 is 0 Å². The van der Waals surface area contributed by atoms with Gasteiger partial charge >= 0.3 is 17.9 Å². The minimum absolute atomic E-state index is 0.0731.